The van der Waals surface area contributed by atoms with Crippen molar-refractivity contribution in [3.8, 4) is 28.1 Å². The van der Waals surface area contributed by atoms with Gasteiger partial charge in [-0.1, -0.05) is 12.1 Å². The lowest BCUT2D eigenvalue weighted by Crippen LogP contribution is -2.09. The quantitative estimate of drug-likeness (QED) is 0.755. The second-order valence-electron chi connectivity index (χ2n) is 4.61. The maximum atomic E-state index is 10.5. The third-order valence-electron chi connectivity index (χ3n) is 3.12. The molecule has 3 rings (SSSR count). The summed E-state index contributed by atoms with van der Waals surface area (Å²) in [7, 11) is 0. The fourth-order valence-corrected chi connectivity index (χ4v) is 2.11. The van der Waals surface area contributed by atoms with E-state index in [1.807, 2.05) is 24.3 Å². The van der Waals surface area contributed by atoms with Crippen molar-refractivity contribution in [2.45, 2.75) is 0 Å². The van der Waals surface area contributed by atoms with Gasteiger partial charge in [0.2, 0.25) is 0 Å². The monoisotopic (exact) mass is 295 g/mol. The Hall–Kier alpha value is -3.15. The Bertz CT molecular complexity index is 767. The maximum absolute atomic E-state index is 10.5. The van der Waals surface area contributed by atoms with E-state index in [2.05, 4.69) is 15.2 Å². The van der Waals surface area contributed by atoms with Crippen molar-refractivity contribution < 1.29 is 14.6 Å². The third kappa shape index (κ3) is 2.95. The molecule has 110 valence electrons. The molecule has 0 radical (unpaired) electrons. The predicted octanol–water partition coefficient (Wildman–Crippen LogP) is 2.60. The highest BCUT2D eigenvalue weighted by Crippen LogP contribution is 2.30. The first kappa shape index (κ1) is 13.8. The highest BCUT2D eigenvalue weighted by atomic mass is 16.5. The summed E-state index contributed by atoms with van der Waals surface area (Å²) < 4.78 is 5.12. The Balaban J connectivity index is 1.86. The Morgan fingerprint density at radius 1 is 1.14 bits per heavy atom. The molecule has 0 amide bonds. The average molecular weight is 295 g/mol. The molecule has 0 bridgehead atoms. The van der Waals surface area contributed by atoms with Crippen LogP contribution in [0.25, 0.3) is 22.4 Å². The van der Waals surface area contributed by atoms with Crippen LogP contribution in [0.4, 0.5) is 0 Å². The molecular weight excluding hydrogens is 282 g/mol. The van der Waals surface area contributed by atoms with Gasteiger partial charge >= 0.3 is 5.97 Å². The summed E-state index contributed by atoms with van der Waals surface area (Å²) in [5.41, 5.74) is 3.72. The zero-order chi connectivity index (χ0) is 15.4. The molecule has 3 aromatic rings. The molecule has 2 heterocycles. The highest BCUT2D eigenvalue weighted by Gasteiger charge is 2.10. The number of rotatable bonds is 5. The minimum absolute atomic E-state index is 0.355. The van der Waals surface area contributed by atoms with E-state index >= 15 is 0 Å². The number of hydrogen-bond acceptors (Lipinski definition) is 4. The number of pyridine rings is 1. The van der Waals surface area contributed by atoms with Crippen molar-refractivity contribution in [1.82, 2.24) is 15.2 Å². The first-order valence-corrected chi connectivity index (χ1v) is 6.63. The summed E-state index contributed by atoms with van der Waals surface area (Å²) in [5.74, 6) is -0.490. The molecule has 0 aliphatic carbocycles. The lowest BCUT2D eigenvalue weighted by Gasteiger charge is -2.06. The Morgan fingerprint density at radius 2 is 1.95 bits per heavy atom. The van der Waals surface area contributed by atoms with Crippen molar-refractivity contribution in [2.24, 2.45) is 0 Å². The van der Waals surface area contributed by atoms with Crippen LogP contribution in [0.5, 0.6) is 5.75 Å². The van der Waals surface area contributed by atoms with Gasteiger partial charge in [0.1, 0.15) is 5.75 Å². The molecule has 0 spiro atoms. The van der Waals surface area contributed by atoms with E-state index < -0.39 is 5.97 Å². The van der Waals surface area contributed by atoms with Crippen LogP contribution >= 0.6 is 0 Å². The van der Waals surface area contributed by atoms with Crippen molar-refractivity contribution >= 4 is 5.97 Å². The van der Waals surface area contributed by atoms with E-state index in [1.54, 1.807) is 30.7 Å². The number of aromatic amines is 1. The van der Waals surface area contributed by atoms with E-state index in [0.29, 0.717) is 5.75 Å². The molecule has 0 aliphatic heterocycles. The van der Waals surface area contributed by atoms with E-state index in [1.165, 1.54) is 0 Å². The number of hydrogen-bond donors (Lipinski definition) is 2. The number of carboxylic acids is 1. The molecule has 0 fully saturated rings. The van der Waals surface area contributed by atoms with Gasteiger partial charge in [0.25, 0.3) is 0 Å². The average Bonchev–Trinajstić information content (AvgIpc) is 3.04. The van der Waals surface area contributed by atoms with Gasteiger partial charge in [-0.2, -0.15) is 5.10 Å². The Kier molecular flexibility index (Phi) is 3.82. The van der Waals surface area contributed by atoms with Gasteiger partial charge in [0.15, 0.2) is 6.61 Å². The lowest BCUT2D eigenvalue weighted by molar-refractivity contribution is -0.139. The molecule has 0 saturated carbocycles. The summed E-state index contributed by atoms with van der Waals surface area (Å²) in [6.07, 6.45) is 5.23. The van der Waals surface area contributed by atoms with Crippen LogP contribution in [0.1, 0.15) is 0 Å². The van der Waals surface area contributed by atoms with Crippen molar-refractivity contribution in [1.29, 1.82) is 0 Å². The summed E-state index contributed by atoms with van der Waals surface area (Å²) in [4.78, 5) is 14.6. The summed E-state index contributed by atoms with van der Waals surface area (Å²) in [6, 6.07) is 11.0. The third-order valence-corrected chi connectivity index (χ3v) is 3.12. The molecule has 0 unspecified atom stereocenters. The van der Waals surface area contributed by atoms with Gasteiger partial charge in [-0.15, -0.1) is 0 Å². The Labute approximate surface area is 126 Å². The van der Waals surface area contributed by atoms with Crippen LogP contribution in [0.15, 0.2) is 55.0 Å². The molecule has 0 saturated heterocycles. The number of aliphatic carboxylic acids is 1. The fraction of sp³-hybridized carbons (Fsp3) is 0.0625. The highest BCUT2D eigenvalue weighted by molar-refractivity contribution is 5.80. The van der Waals surface area contributed by atoms with Crippen molar-refractivity contribution in [3.63, 3.8) is 0 Å². The minimum Gasteiger partial charge on any atom is -0.482 e. The molecule has 6 heteroatoms. The van der Waals surface area contributed by atoms with Crippen molar-refractivity contribution in [3.05, 3.63) is 55.0 Å². The smallest absolute Gasteiger partial charge is 0.341 e. The maximum Gasteiger partial charge on any atom is 0.341 e. The standard InChI is InChI=1S/C16H13N3O3/c20-15(21)10-22-13-5-3-11(4-6-13)14-9-18-19-16(14)12-2-1-7-17-8-12/h1-9H,10H2,(H,18,19)(H,20,21). The summed E-state index contributed by atoms with van der Waals surface area (Å²) >= 11 is 0. The van der Waals surface area contributed by atoms with E-state index in [0.717, 1.165) is 22.4 Å². The van der Waals surface area contributed by atoms with Crippen LogP contribution < -0.4 is 4.74 Å². The van der Waals surface area contributed by atoms with Crippen LogP contribution in [0.2, 0.25) is 0 Å². The summed E-state index contributed by atoms with van der Waals surface area (Å²) in [6.45, 7) is -0.355. The van der Waals surface area contributed by atoms with Gasteiger partial charge in [0.05, 0.1) is 11.9 Å². The molecule has 2 N–H and O–H groups in total. The van der Waals surface area contributed by atoms with Gasteiger partial charge in [-0.25, -0.2) is 4.79 Å². The minimum atomic E-state index is -1.00. The molecule has 0 atom stereocenters. The molecule has 6 nitrogen and oxygen atoms in total. The fourth-order valence-electron chi connectivity index (χ4n) is 2.11. The second kappa shape index (κ2) is 6.09. The topological polar surface area (TPSA) is 88.1 Å². The van der Waals surface area contributed by atoms with Crippen LogP contribution in [-0.4, -0.2) is 32.9 Å². The van der Waals surface area contributed by atoms with Gasteiger partial charge in [-0.05, 0) is 29.8 Å². The number of nitrogens with zero attached hydrogens (tertiary/aromatic N) is 2. The number of ether oxygens (including phenoxy) is 1. The number of carbonyl (C=O) groups is 1. The molecule has 22 heavy (non-hydrogen) atoms. The molecule has 2 aromatic heterocycles. The second-order valence-corrected chi connectivity index (χ2v) is 4.61. The first-order valence-electron chi connectivity index (χ1n) is 6.63. The predicted molar refractivity (Wildman–Crippen MR) is 80.4 cm³/mol. The van der Waals surface area contributed by atoms with Crippen LogP contribution in [0, 0.1) is 0 Å². The van der Waals surface area contributed by atoms with E-state index in [-0.39, 0.29) is 6.61 Å². The number of aromatic nitrogens is 3. The SMILES string of the molecule is O=C(O)COc1ccc(-c2cn[nH]c2-c2cccnc2)cc1. The summed E-state index contributed by atoms with van der Waals surface area (Å²) in [5, 5.41) is 15.7. The van der Waals surface area contributed by atoms with E-state index in [9.17, 15) is 4.79 Å². The number of H-pyrrole nitrogens is 1. The van der Waals surface area contributed by atoms with Crippen LogP contribution in [0.3, 0.4) is 0 Å². The number of benzene rings is 1. The van der Waals surface area contributed by atoms with Gasteiger partial charge in [0, 0.05) is 23.5 Å². The lowest BCUT2D eigenvalue weighted by atomic mass is 10.0. The molecule has 0 aliphatic rings. The van der Waals surface area contributed by atoms with Crippen molar-refractivity contribution in [2.75, 3.05) is 6.61 Å². The van der Waals surface area contributed by atoms with Crippen LogP contribution in [-0.2, 0) is 4.79 Å². The molecule has 1 aromatic carbocycles. The van der Waals surface area contributed by atoms with Gasteiger partial charge in [-0.3, -0.25) is 10.1 Å². The first-order chi connectivity index (χ1) is 10.7. The van der Waals surface area contributed by atoms with Gasteiger partial charge < -0.3 is 9.84 Å². The zero-order valence-corrected chi connectivity index (χ0v) is 11.6. The van der Waals surface area contributed by atoms with E-state index in [4.69, 9.17) is 9.84 Å². The number of nitrogens with one attached hydrogen (secondary N) is 1. The largest absolute Gasteiger partial charge is 0.482 e. The molecular formula is C16H13N3O3. The normalized spacial score (nSPS) is 10.4. The Morgan fingerprint density at radius 3 is 2.64 bits per heavy atom. The number of carboxylic acid groups (broad SMARTS) is 1. The zero-order valence-electron chi connectivity index (χ0n) is 11.6.